The van der Waals surface area contributed by atoms with Gasteiger partial charge in [-0.25, -0.2) is 4.98 Å². The molecule has 22 heavy (non-hydrogen) atoms. The lowest BCUT2D eigenvalue weighted by Crippen LogP contribution is -2.31. The highest BCUT2D eigenvalue weighted by molar-refractivity contribution is 5.95. The van der Waals surface area contributed by atoms with E-state index in [0.717, 1.165) is 25.0 Å². The normalized spacial score (nSPS) is 17.4. The number of hydrogen-bond acceptors (Lipinski definition) is 5. The molecule has 3 N–H and O–H groups in total. The number of carbonyl (C=O) groups is 1. The molecule has 0 bridgehead atoms. The molecule has 0 spiro atoms. The van der Waals surface area contributed by atoms with Crippen molar-refractivity contribution in [2.75, 3.05) is 18.9 Å². The maximum absolute atomic E-state index is 12.2. The minimum absolute atomic E-state index is 0.116. The Morgan fingerprint density at radius 2 is 2.32 bits per heavy atom. The minimum Gasteiger partial charge on any atom is -0.382 e. The Hall–Kier alpha value is -2.47. The van der Waals surface area contributed by atoms with E-state index in [1.165, 1.54) is 6.20 Å². The number of ether oxygens (including phenoxy) is 1. The van der Waals surface area contributed by atoms with Gasteiger partial charge in [0, 0.05) is 24.3 Å². The second-order valence-corrected chi connectivity index (χ2v) is 5.26. The van der Waals surface area contributed by atoms with Gasteiger partial charge in [-0.1, -0.05) is 12.1 Å². The zero-order chi connectivity index (χ0) is 15.4. The van der Waals surface area contributed by atoms with Crippen LogP contribution in [0.3, 0.4) is 0 Å². The van der Waals surface area contributed by atoms with Crippen molar-refractivity contribution in [1.82, 2.24) is 15.3 Å². The highest BCUT2D eigenvalue weighted by Crippen LogP contribution is 2.18. The number of anilines is 1. The summed E-state index contributed by atoms with van der Waals surface area (Å²) in [5.41, 5.74) is 7.68. The minimum atomic E-state index is -0.116. The van der Waals surface area contributed by atoms with Gasteiger partial charge >= 0.3 is 0 Å². The second-order valence-electron chi connectivity index (χ2n) is 5.26. The molecule has 0 saturated carbocycles. The summed E-state index contributed by atoms with van der Waals surface area (Å²) in [5, 5.41) is 2.91. The Bertz CT molecular complexity index is 669. The van der Waals surface area contributed by atoms with E-state index in [9.17, 15) is 4.79 Å². The number of benzene rings is 1. The summed E-state index contributed by atoms with van der Waals surface area (Å²) < 4.78 is 5.50. The SMILES string of the molecule is Nc1cncc(-c2cccc(C(=O)NCC3CCCO3)c2)n1. The Morgan fingerprint density at radius 3 is 3.09 bits per heavy atom. The lowest BCUT2D eigenvalue weighted by molar-refractivity contribution is 0.0858. The number of carbonyl (C=O) groups excluding carboxylic acids is 1. The fraction of sp³-hybridized carbons (Fsp3) is 0.312. The first-order valence-corrected chi connectivity index (χ1v) is 7.30. The van der Waals surface area contributed by atoms with Crippen LogP contribution in [0.25, 0.3) is 11.3 Å². The van der Waals surface area contributed by atoms with Gasteiger partial charge in [0.05, 0.1) is 24.2 Å². The molecular formula is C16H18N4O2. The summed E-state index contributed by atoms with van der Waals surface area (Å²) in [4.78, 5) is 20.5. The number of rotatable bonds is 4. The molecule has 1 aliphatic rings. The van der Waals surface area contributed by atoms with Crippen LogP contribution < -0.4 is 11.1 Å². The molecule has 1 aromatic carbocycles. The summed E-state index contributed by atoms with van der Waals surface area (Å²) >= 11 is 0. The van der Waals surface area contributed by atoms with Crippen molar-refractivity contribution in [3.63, 3.8) is 0 Å². The summed E-state index contributed by atoms with van der Waals surface area (Å²) in [5.74, 6) is 0.236. The first-order valence-electron chi connectivity index (χ1n) is 7.30. The predicted molar refractivity (Wildman–Crippen MR) is 83.2 cm³/mol. The van der Waals surface area contributed by atoms with Gasteiger partial charge in [0.25, 0.3) is 5.91 Å². The van der Waals surface area contributed by atoms with E-state index < -0.39 is 0 Å². The van der Waals surface area contributed by atoms with Gasteiger partial charge in [-0.05, 0) is 25.0 Å². The van der Waals surface area contributed by atoms with Gasteiger partial charge in [0.2, 0.25) is 0 Å². The fourth-order valence-electron chi connectivity index (χ4n) is 2.45. The number of nitrogen functional groups attached to an aromatic ring is 1. The molecule has 2 aromatic rings. The molecule has 0 aliphatic carbocycles. The summed E-state index contributed by atoms with van der Waals surface area (Å²) in [6.07, 6.45) is 5.30. The standard InChI is InChI=1S/C16H18N4O2/c17-15-10-18-9-14(20-15)11-3-1-4-12(7-11)16(21)19-8-13-5-2-6-22-13/h1,3-4,7,9-10,13H,2,5-6,8H2,(H2,17,20)(H,19,21). The Morgan fingerprint density at radius 1 is 1.41 bits per heavy atom. The third kappa shape index (κ3) is 3.40. The number of nitrogens with one attached hydrogen (secondary N) is 1. The van der Waals surface area contributed by atoms with Crippen molar-refractivity contribution >= 4 is 11.7 Å². The fourth-order valence-corrected chi connectivity index (χ4v) is 2.45. The van der Waals surface area contributed by atoms with Crippen LogP contribution in [-0.2, 0) is 4.74 Å². The van der Waals surface area contributed by atoms with Crippen molar-refractivity contribution in [2.24, 2.45) is 0 Å². The number of nitrogens with two attached hydrogens (primary N) is 1. The highest BCUT2D eigenvalue weighted by Gasteiger charge is 2.16. The van der Waals surface area contributed by atoms with Crippen LogP contribution in [-0.4, -0.2) is 35.1 Å². The largest absolute Gasteiger partial charge is 0.382 e. The molecule has 0 radical (unpaired) electrons. The van der Waals surface area contributed by atoms with Gasteiger partial charge in [-0.2, -0.15) is 0 Å². The number of hydrogen-bond donors (Lipinski definition) is 2. The van der Waals surface area contributed by atoms with Gasteiger partial charge in [0.15, 0.2) is 0 Å². The zero-order valence-corrected chi connectivity index (χ0v) is 12.2. The predicted octanol–water partition coefficient (Wildman–Crippen LogP) is 1.63. The van der Waals surface area contributed by atoms with Crippen LogP contribution in [0.5, 0.6) is 0 Å². The van der Waals surface area contributed by atoms with E-state index in [2.05, 4.69) is 15.3 Å². The van der Waals surface area contributed by atoms with Crippen LogP contribution in [0.4, 0.5) is 5.82 Å². The van der Waals surface area contributed by atoms with Gasteiger partial charge in [-0.15, -0.1) is 0 Å². The Kier molecular flexibility index (Phi) is 4.29. The molecule has 114 valence electrons. The van der Waals surface area contributed by atoms with Crippen molar-refractivity contribution in [3.8, 4) is 11.3 Å². The molecule has 1 fully saturated rings. The number of amides is 1. The molecular weight excluding hydrogens is 280 g/mol. The molecule has 1 atom stereocenters. The van der Waals surface area contributed by atoms with Crippen LogP contribution in [0.2, 0.25) is 0 Å². The summed E-state index contributed by atoms with van der Waals surface area (Å²) in [7, 11) is 0. The smallest absolute Gasteiger partial charge is 0.251 e. The van der Waals surface area contributed by atoms with E-state index in [-0.39, 0.29) is 12.0 Å². The van der Waals surface area contributed by atoms with Crippen molar-refractivity contribution in [1.29, 1.82) is 0 Å². The molecule has 2 heterocycles. The average molecular weight is 298 g/mol. The third-order valence-corrected chi connectivity index (χ3v) is 3.59. The number of nitrogens with zero attached hydrogens (tertiary/aromatic N) is 2. The average Bonchev–Trinajstić information content (AvgIpc) is 3.06. The van der Waals surface area contributed by atoms with Gasteiger partial charge in [0.1, 0.15) is 5.82 Å². The number of aromatic nitrogens is 2. The van der Waals surface area contributed by atoms with Crippen LogP contribution in [0, 0.1) is 0 Å². The lowest BCUT2D eigenvalue weighted by atomic mass is 10.1. The Balaban J connectivity index is 1.71. The molecule has 1 saturated heterocycles. The molecule has 1 amide bonds. The maximum Gasteiger partial charge on any atom is 0.251 e. The van der Waals surface area contributed by atoms with Crippen LogP contribution >= 0.6 is 0 Å². The van der Waals surface area contributed by atoms with Crippen molar-refractivity contribution in [2.45, 2.75) is 18.9 Å². The second kappa shape index (κ2) is 6.53. The van der Waals surface area contributed by atoms with E-state index in [4.69, 9.17) is 10.5 Å². The van der Waals surface area contributed by atoms with Gasteiger partial charge < -0.3 is 15.8 Å². The van der Waals surface area contributed by atoms with Gasteiger partial charge in [-0.3, -0.25) is 9.78 Å². The van der Waals surface area contributed by atoms with E-state index in [1.54, 1.807) is 18.3 Å². The first kappa shape index (κ1) is 14.5. The quantitative estimate of drug-likeness (QED) is 0.895. The lowest BCUT2D eigenvalue weighted by Gasteiger charge is -2.11. The molecule has 1 aliphatic heterocycles. The molecule has 6 heteroatoms. The highest BCUT2D eigenvalue weighted by atomic mass is 16.5. The van der Waals surface area contributed by atoms with E-state index >= 15 is 0 Å². The van der Waals surface area contributed by atoms with Crippen molar-refractivity contribution in [3.05, 3.63) is 42.2 Å². The maximum atomic E-state index is 12.2. The molecule has 1 unspecified atom stereocenters. The van der Waals surface area contributed by atoms with Crippen molar-refractivity contribution < 1.29 is 9.53 Å². The molecule has 1 aromatic heterocycles. The van der Waals surface area contributed by atoms with E-state index in [0.29, 0.717) is 23.6 Å². The first-order chi connectivity index (χ1) is 10.7. The molecule has 6 nitrogen and oxygen atoms in total. The topological polar surface area (TPSA) is 90.1 Å². The zero-order valence-electron chi connectivity index (χ0n) is 12.2. The summed E-state index contributed by atoms with van der Waals surface area (Å²) in [6, 6.07) is 7.25. The third-order valence-electron chi connectivity index (χ3n) is 3.59. The summed E-state index contributed by atoms with van der Waals surface area (Å²) in [6.45, 7) is 1.32. The Labute approximate surface area is 128 Å². The van der Waals surface area contributed by atoms with E-state index in [1.807, 2.05) is 12.1 Å². The van der Waals surface area contributed by atoms with Crippen LogP contribution in [0.15, 0.2) is 36.7 Å². The van der Waals surface area contributed by atoms with Crippen LogP contribution in [0.1, 0.15) is 23.2 Å². The monoisotopic (exact) mass is 298 g/mol. The molecule has 3 rings (SSSR count).